The molecule has 0 heterocycles. The maximum atomic E-state index is 12.1. The van der Waals surface area contributed by atoms with E-state index in [-0.39, 0.29) is 47.4 Å². The molecule has 21 heavy (non-hydrogen) atoms. The van der Waals surface area contributed by atoms with Gasteiger partial charge in [-0.05, 0) is 25.3 Å². The van der Waals surface area contributed by atoms with E-state index in [1.807, 2.05) is 0 Å². The molecule has 1 fully saturated rings. The maximum absolute atomic E-state index is 12.1. The SMILES string of the molecule is Cl.NC1CCCC(C(=O)Nc2cc([N+](=O)[O-])ccc2O)C1. The fourth-order valence-electron chi connectivity index (χ4n) is 2.44. The zero-order valence-corrected chi connectivity index (χ0v) is 12.1. The summed E-state index contributed by atoms with van der Waals surface area (Å²) in [5.41, 5.74) is 5.71. The van der Waals surface area contributed by atoms with Crippen molar-refractivity contribution in [3.63, 3.8) is 0 Å². The van der Waals surface area contributed by atoms with Crippen LogP contribution in [0.4, 0.5) is 11.4 Å². The first-order valence-electron chi connectivity index (χ1n) is 6.51. The van der Waals surface area contributed by atoms with E-state index in [1.54, 1.807) is 0 Å². The Morgan fingerprint density at radius 3 is 2.76 bits per heavy atom. The summed E-state index contributed by atoms with van der Waals surface area (Å²) >= 11 is 0. The molecule has 7 nitrogen and oxygen atoms in total. The molecule has 0 bridgehead atoms. The average molecular weight is 316 g/mol. The molecular weight excluding hydrogens is 298 g/mol. The minimum Gasteiger partial charge on any atom is -0.506 e. The van der Waals surface area contributed by atoms with E-state index in [0.29, 0.717) is 6.42 Å². The number of amides is 1. The molecule has 2 unspecified atom stereocenters. The molecule has 116 valence electrons. The Balaban J connectivity index is 0.00000220. The van der Waals surface area contributed by atoms with Crippen LogP contribution in [0.1, 0.15) is 25.7 Å². The molecule has 1 aromatic rings. The number of hydrogen-bond acceptors (Lipinski definition) is 5. The Morgan fingerprint density at radius 1 is 1.43 bits per heavy atom. The summed E-state index contributed by atoms with van der Waals surface area (Å²) in [5, 5.41) is 22.9. The first-order valence-corrected chi connectivity index (χ1v) is 6.51. The van der Waals surface area contributed by atoms with Crippen LogP contribution in [0.3, 0.4) is 0 Å². The Morgan fingerprint density at radius 2 is 2.14 bits per heavy atom. The van der Waals surface area contributed by atoms with Gasteiger partial charge in [-0.2, -0.15) is 0 Å². The monoisotopic (exact) mass is 315 g/mol. The number of phenols is 1. The van der Waals surface area contributed by atoms with Gasteiger partial charge < -0.3 is 16.2 Å². The van der Waals surface area contributed by atoms with Crippen LogP contribution in [0, 0.1) is 16.0 Å². The molecule has 1 aromatic carbocycles. The summed E-state index contributed by atoms with van der Waals surface area (Å²) in [6.45, 7) is 0. The quantitative estimate of drug-likeness (QED) is 0.449. The fraction of sp³-hybridized carbons (Fsp3) is 0.462. The number of aromatic hydroxyl groups is 1. The third kappa shape index (κ3) is 4.30. The second kappa shape index (κ2) is 7.24. The third-order valence-corrected chi connectivity index (χ3v) is 3.53. The van der Waals surface area contributed by atoms with Gasteiger partial charge in [-0.3, -0.25) is 14.9 Å². The lowest BCUT2D eigenvalue weighted by atomic mass is 9.85. The number of nitro groups is 1. The number of phenolic OH excluding ortho intramolecular Hbond substituents is 1. The molecule has 0 spiro atoms. The summed E-state index contributed by atoms with van der Waals surface area (Å²) in [6, 6.07) is 3.54. The molecule has 0 aromatic heterocycles. The van der Waals surface area contributed by atoms with Gasteiger partial charge in [0.2, 0.25) is 5.91 Å². The van der Waals surface area contributed by atoms with Gasteiger partial charge in [0.25, 0.3) is 5.69 Å². The van der Waals surface area contributed by atoms with Crippen LogP contribution in [-0.4, -0.2) is 22.0 Å². The van der Waals surface area contributed by atoms with Gasteiger partial charge in [0, 0.05) is 24.1 Å². The first-order chi connectivity index (χ1) is 9.47. The molecule has 8 heteroatoms. The van der Waals surface area contributed by atoms with Crippen molar-refractivity contribution >= 4 is 29.7 Å². The van der Waals surface area contributed by atoms with Gasteiger partial charge >= 0.3 is 0 Å². The highest BCUT2D eigenvalue weighted by Crippen LogP contribution is 2.30. The molecule has 4 N–H and O–H groups in total. The molecule has 1 aliphatic carbocycles. The minimum atomic E-state index is -0.578. The van der Waals surface area contributed by atoms with E-state index in [0.717, 1.165) is 25.3 Å². The Bertz CT molecular complexity index is 538. The molecule has 1 amide bonds. The van der Waals surface area contributed by atoms with Crippen molar-refractivity contribution in [2.45, 2.75) is 31.7 Å². The Kier molecular flexibility index (Phi) is 5.92. The zero-order chi connectivity index (χ0) is 14.7. The van der Waals surface area contributed by atoms with Crippen LogP contribution in [0.2, 0.25) is 0 Å². The topological polar surface area (TPSA) is 118 Å². The average Bonchev–Trinajstić information content (AvgIpc) is 2.41. The summed E-state index contributed by atoms with van der Waals surface area (Å²) in [6.07, 6.45) is 3.14. The van der Waals surface area contributed by atoms with Gasteiger partial charge in [-0.1, -0.05) is 6.42 Å². The van der Waals surface area contributed by atoms with Crippen LogP contribution in [0.5, 0.6) is 5.75 Å². The second-order valence-electron chi connectivity index (χ2n) is 5.07. The normalized spacial score (nSPS) is 21.2. The predicted molar refractivity (Wildman–Crippen MR) is 80.6 cm³/mol. The lowest BCUT2D eigenvalue weighted by Gasteiger charge is -2.25. The van der Waals surface area contributed by atoms with E-state index >= 15 is 0 Å². The number of rotatable bonds is 3. The van der Waals surface area contributed by atoms with Crippen molar-refractivity contribution in [1.82, 2.24) is 0 Å². The van der Waals surface area contributed by atoms with Gasteiger partial charge in [-0.15, -0.1) is 12.4 Å². The standard InChI is InChI=1S/C13H17N3O4.ClH/c14-9-3-1-2-8(6-9)13(18)15-11-7-10(16(19)20)4-5-12(11)17;/h4-5,7-9,17H,1-3,6,14H2,(H,15,18);1H. The minimum absolute atomic E-state index is 0. The van der Waals surface area contributed by atoms with Crippen molar-refractivity contribution in [1.29, 1.82) is 0 Å². The third-order valence-electron chi connectivity index (χ3n) is 3.53. The number of nitrogens with zero attached hydrogens (tertiary/aromatic N) is 1. The van der Waals surface area contributed by atoms with Gasteiger partial charge in [0.05, 0.1) is 10.6 Å². The van der Waals surface area contributed by atoms with E-state index in [1.165, 1.54) is 12.1 Å². The highest BCUT2D eigenvalue weighted by molar-refractivity contribution is 5.94. The molecular formula is C13H18ClN3O4. The number of anilines is 1. The van der Waals surface area contributed by atoms with Crippen LogP contribution in [0.25, 0.3) is 0 Å². The number of nitrogens with two attached hydrogens (primary N) is 1. The van der Waals surface area contributed by atoms with Crippen LogP contribution in [0.15, 0.2) is 18.2 Å². The lowest BCUT2D eigenvalue weighted by molar-refractivity contribution is -0.384. The summed E-state index contributed by atoms with van der Waals surface area (Å²) in [5.74, 6) is -0.655. The first kappa shape index (κ1) is 17.2. The molecule has 1 aliphatic rings. The molecule has 1 saturated carbocycles. The molecule has 0 saturated heterocycles. The number of non-ortho nitro benzene ring substituents is 1. The maximum Gasteiger partial charge on any atom is 0.271 e. The molecule has 2 rings (SSSR count). The molecule has 2 atom stereocenters. The summed E-state index contributed by atoms with van der Waals surface area (Å²) in [7, 11) is 0. The van der Waals surface area contributed by atoms with Crippen molar-refractivity contribution in [3.8, 4) is 5.75 Å². The number of hydrogen-bond donors (Lipinski definition) is 3. The van der Waals surface area contributed by atoms with Crippen molar-refractivity contribution in [2.24, 2.45) is 11.7 Å². The van der Waals surface area contributed by atoms with E-state index < -0.39 is 4.92 Å². The largest absolute Gasteiger partial charge is 0.506 e. The summed E-state index contributed by atoms with van der Waals surface area (Å²) in [4.78, 5) is 22.2. The number of nitrogens with one attached hydrogen (secondary N) is 1. The highest BCUT2D eigenvalue weighted by atomic mass is 35.5. The van der Waals surface area contributed by atoms with E-state index in [2.05, 4.69) is 5.32 Å². The number of carbonyl (C=O) groups excluding carboxylic acids is 1. The second-order valence-corrected chi connectivity index (χ2v) is 5.07. The van der Waals surface area contributed by atoms with Crippen LogP contribution in [-0.2, 0) is 4.79 Å². The highest BCUT2D eigenvalue weighted by Gasteiger charge is 2.26. The van der Waals surface area contributed by atoms with Crippen molar-refractivity contribution < 1.29 is 14.8 Å². The molecule has 0 aliphatic heterocycles. The smallest absolute Gasteiger partial charge is 0.271 e. The van der Waals surface area contributed by atoms with Gasteiger partial charge in [-0.25, -0.2) is 0 Å². The molecule has 0 radical (unpaired) electrons. The summed E-state index contributed by atoms with van der Waals surface area (Å²) < 4.78 is 0. The van der Waals surface area contributed by atoms with Crippen LogP contribution >= 0.6 is 12.4 Å². The van der Waals surface area contributed by atoms with Crippen molar-refractivity contribution in [2.75, 3.05) is 5.32 Å². The van der Waals surface area contributed by atoms with Gasteiger partial charge in [0.15, 0.2) is 0 Å². The zero-order valence-electron chi connectivity index (χ0n) is 11.3. The lowest BCUT2D eigenvalue weighted by Crippen LogP contribution is -2.34. The predicted octanol–water partition coefficient (Wildman–Crippen LogP) is 2.18. The number of carbonyl (C=O) groups is 1. The van der Waals surface area contributed by atoms with Gasteiger partial charge in [0.1, 0.15) is 5.75 Å². The van der Waals surface area contributed by atoms with E-state index in [9.17, 15) is 20.0 Å². The fourth-order valence-corrected chi connectivity index (χ4v) is 2.44. The number of halogens is 1. The van der Waals surface area contributed by atoms with Crippen LogP contribution < -0.4 is 11.1 Å². The Labute approximate surface area is 128 Å². The number of benzene rings is 1. The number of nitro benzene ring substituents is 1. The Hall–Kier alpha value is -1.86. The van der Waals surface area contributed by atoms with E-state index in [4.69, 9.17) is 5.73 Å². The van der Waals surface area contributed by atoms with Crippen molar-refractivity contribution in [3.05, 3.63) is 28.3 Å².